The molecule has 1 N–H and O–H groups in total. The SMILES string of the molecule is CSc1cc(-c2cn[nH]c2)cn2ncc(C#N)c12. The molecular weight excluding hydrogens is 246 g/mol. The summed E-state index contributed by atoms with van der Waals surface area (Å²) < 4.78 is 1.74. The van der Waals surface area contributed by atoms with Crippen LogP contribution < -0.4 is 0 Å². The molecular formula is C12H9N5S. The minimum Gasteiger partial charge on any atom is -0.285 e. The lowest BCUT2D eigenvalue weighted by Gasteiger charge is -2.05. The zero-order valence-electron chi connectivity index (χ0n) is 9.58. The van der Waals surface area contributed by atoms with Crippen LogP contribution in [0.3, 0.4) is 0 Å². The third kappa shape index (κ3) is 1.57. The quantitative estimate of drug-likeness (QED) is 0.713. The number of hydrogen-bond donors (Lipinski definition) is 1. The van der Waals surface area contributed by atoms with Gasteiger partial charge in [0.1, 0.15) is 6.07 Å². The Hall–Kier alpha value is -2.26. The Bertz CT molecular complexity index is 736. The van der Waals surface area contributed by atoms with Gasteiger partial charge in [-0.3, -0.25) is 5.10 Å². The summed E-state index contributed by atoms with van der Waals surface area (Å²) in [6, 6.07) is 4.21. The third-order valence-electron chi connectivity index (χ3n) is 2.75. The number of aromatic nitrogens is 4. The molecule has 0 spiro atoms. The Kier molecular flexibility index (Phi) is 2.54. The average molecular weight is 255 g/mol. The van der Waals surface area contributed by atoms with Crippen LogP contribution in [0.4, 0.5) is 0 Å². The van der Waals surface area contributed by atoms with Crippen LogP contribution in [-0.2, 0) is 0 Å². The maximum atomic E-state index is 9.07. The van der Waals surface area contributed by atoms with E-state index < -0.39 is 0 Å². The second-order valence-corrected chi connectivity index (χ2v) is 4.60. The fourth-order valence-corrected chi connectivity index (χ4v) is 2.53. The van der Waals surface area contributed by atoms with E-state index in [1.165, 1.54) is 0 Å². The maximum absolute atomic E-state index is 9.07. The monoisotopic (exact) mass is 255 g/mol. The van der Waals surface area contributed by atoms with Crippen molar-refractivity contribution in [3.63, 3.8) is 0 Å². The van der Waals surface area contributed by atoms with Crippen molar-refractivity contribution in [2.45, 2.75) is 4.90 Å². The van der Waals surface area contributed by atoms with Crippen LogP contribution in [0, 0.1) is 11.3 Å². The van der Waals surface area contributed by atoms with Crippen molar-refractivity contribution in [3.05, 3.63) is 36.4 Å². The smallest absolute Gasteiger partial charge is 0.103 e. The highest BCUT2D eigenvalue weighted by Gasteiger charge is 2.11. The number of pyridine rings is 1. The van der Waals surface area contributed by atoms with E-state index in [2.05, 4.69) is 21.4 Å². The zero-order chi connectivity index (χ0) is 12.5. The van der Waals surface area contributed by atoms with Gasteiger partial charge >= 0.3 is 0 Å². The van der Waals surface area contributed by atoms with E-state index in [4.69, 9.17) is 5.26 Å². The normalized spacial score (nSPS) is 10.7. The Morgan fingerprint density at radius 1 is 1.39 bits per heavy atom. The Labute approximate surface area is 107 Å². The van der Waals surface area contributed by atoms with Crippen LogP contribution in [0.5, 0.6) is 0 Å². The molecule has 88 valence electrons. The molecule has 0 atom stereocenters. The summed E-state index contributed by atoms with van der Waals surface area (Å²) in [5, 5.41) is 20.0. The van der Waals surface area contributed by atoms with Crippen molar-refractivity contribution >= 4 is 17.3 Å². The topological polar surface area (TPSA) is 69.8 Å². The molecule has 3 heterocycles. The predicted molar refractivity (Wildman–Crippen MR) is 69.3 cm³/mol. The summed E-state index contributed by atoms with van der Waals surface area (Å²) in [4.78, 5) is 1.03. The number of nitrogens with zero attached hydrogens (tertiary/aromatic N) is 4. The van der Waals surface area contributed by atoms with Gasteiger partial charge in [0.05, 0.1) is 23.5 Å². The van der Waals surface area contributed by atoms with Crippen molar-refractivity contribution in [2.75, 3.05) is 6.26 Å². The van der Waals surface area contributed by atoms with Crippen LogP contribution in [0.1, 0.15) is 5.56 Å². The van der Waals surface area contributed by atoms with E-state index in [9.17, 15) is 0 Å². The molecule has 5 nitrogen and oxygen atoms in total. The van der Waals surface area contributed by atoms with Crippen LogP contribution in [0.25, 0.3) is 16.6 Å². The van der Waals surface area contributed by atoms with E-state index >= 15 is 0 Å². The zero-order valence-corrected chi connectivity index (χ0v) is 10.4. The standard InChI is InChI=1S/C12H9N5S/c1-18-11-2-8(10-4-14-15-5-10)7-17-12(11)9(3-13)6-16-17/h2,4-7H,1H3,(H,14,15). The van der Waals surface area contributed by atoms with Gasteiger partial charge in [-0.2, -0.15) is 15.5 Å². The lowest BCUT2D eigenvalue weighted by molar-refractivity contribution is 0.951. The number of aromatic amines is 1. The molecule has 0 unspecified atom stereocenters. The Morgan fingerprint density at radius 2 is 2.28 bits per heavy atom. The van der Waals surface area contributed by atoms with Crippen LogP contribution in [0.15, 0.2) is 35.7 Å². The molecule has 0 aliphatic rings. The number of nitriles is 1. The second-order valence-electron chi connectivity index (χ2n) is 3.75. The van der Waals surface area contributed by atoms with Crippen LogP contribution in [-0.4, -0.2) is 26.1 Å². The molecule has 0 bridgehead atoms. The summed E-state index contributed by atoms with van der Waals surface area (Å²) in [5.74, 6) is 0. The molecule has 0 saturated carbocycles. The number of hydrogen-bond acceptors (Lipinski definition) is 4. The number of rotatable bonds is 2. The summed E-state index contributed by atoms with van der Waals surface area (Å²) in [5.41, 5.74) is 3.48. The first-order chi connectivity index (χ1) is 8.83. The third-order valence-corrected chi connectivity index (χ3v) is 3.50. The Balaban J connectivity index is 2.30. The van der Waals surface area contributed by atoms with Gasteiger partial charge in [-0.1, -0.05) is 0 Å². The van der Waals surface area contributed by atoms with Crippen LogP contribution >= 0.6 is 11.8 Å². The average Bonchev–Trinajstić information content (AvgIpc) is 3.06. The number of nitrogens with one attached hydrogen (secondary N) is 1. The number of thioether (sulfide) groups is 1. The summed E-state index contributed by atoms with van der Waals surface area (Å²) in [6.07, 6.45) is 9.08. The van der Waals surface area contributed by atoms with E-state index in [-0.39, 0.29) is 0 Å². The molecule has 0 aliphatic carbocycles. The van der Waals surface area contributed by atoms with E-state index in [0.717, 1.165) is 21.5 Å². The summed E-state index contributed by atoms with van der Waals surface area (Å²) in [7, 11) is 0. The number of fused-ring (bicyclic) bond motifs is 1. The lowest BCUT2D eigenvalue weighted by atomic mass is 10.1. The van der Waals surface area contributed by atoms with Crippen molar-refractivity contribution in [2.24, 2.45) is 0 Å². The fraction of sp³-hybridized carbons (Fsp3) is 0.0833. The molecule has 0 saturated heterocycles. The maximum Gasteiger partial charge on any atom is 0.103 e. The molecule has 0 aliphatic heterocycles. The molecule has 0 fully saturated rings. The molecule has 3 aromatic heterocycles. The Morgan fingerprint density at radius 3 is 2.94 bits per heavy atom. The number of H-pyrrole nitrogens is 1. The summed E-state index contributed by atoms with van der Waals surface area (Å²) >= 11 is 1.60. The largest absolute Gasteiger partial charge is 0.285 e. The highest BCUT2D eigenvalue weighted by atomic mass is 32.2. The molecule has 18 heavy (non-hydrogen) atoms. The first-order valence-corrected chi connectivity index (χ1v) is 6.50. The molecule has 3 rings (SSSR count). The van der Waals surface area contributed by atoms with E-state index in [1.807, 2.05) is 24.7 Å². The van der Waals surface area contributed by atoms with Crippen molar-refractivity contribution in [3.8, 4) is 17.2 Å². The minimum absolute atomic E-state index is 0.595. The first kappa shape index (κ1) is 10.9. The minimum atomic E-state index is 0.595. The second kappa shape index (κ2) is 4.20. The van der Waals surface area contributed by atoms with Gasteiger partial charge in [-0.05, 0) is 12.3 Å². The van der Waals surface area contributed by atoms with Gasteiger partial charge in [-0.25, -0.2) is 4.52 Å². The van der Waals surface area contributed by atoms with Gasteiger partial charge in [0.2, 0.25) is 0 Å². The van der Waals surface area contributed by atoms with Gasteiger partial charge in [0, 0.05) is 28.4 Å². The van der Waals surface area contributed by atoms with Crippen LogP contribution in [0.2, 0.25) is 0 Å². The van der Waals surface area contributed by atoms with Gasteiger partial charge in [0.15, 0.2) is 0 Å². The van der Waals surface area contributed by atoms with Crippen molar-refractivity contribution in [1.82, 2.24) is 19.8 Å². The van der Waals surface area contributed by atoms with Gasteiger partial charge < -0.3 is 0 Å². The van der Waals surface area contributed by atoms with Gasteiger partial charge in [-0.15, -0.1) is 11.8 Å². The van der Waals surface area contributed by atoms with E-state index in [0.29, 0.717) is 5.56 Å². The predicted octanol–water partition coefficient (Wildman–Crippen LogP) is 2.32. The van der Waals surface area contributed by atoms with E-state index in [1.54, 1.807) is 28.7 Å². The highest BCUT2D eigenvalue weighted by Crippen LogP contribution is 2.29. The lowest BCUT2D eigenvalue weighted by Crippen LogP contribution is -1.91. The van der Waals surface area contributed by atoms with Gasteiger partial charge in [0.25, 0.3) is 0 Å². The highest BCUT2D eigenvalue weighted by molar-refractivity contribution is 7.98. The molecule has 3 aromatic rings. The molecule has 0 aromatic carbocycles. The summed E-state index contributed by atoms with van der Waals surface area (Å²) in [6.45, 7) is 0. The van der Waals surface area contributed by atoms with Crippen molar-refractivity contribution < 1.29 is 0 Å². The fourth-order valence-electron chi connectivity index (χ4n) is 1.89. The first-order valence-electron chi connectivity index (χ1n) is 5.28. The molecule has 6 heteroatoms. The molecule has 0 radical (unpaired) electrons. The van der Waals surface area contributed by atoms with Crippen molar-refractivity contribution in [1.29, 1.82) is 5.26 Å². The molecule has 0 amide bonds.